The molecule has 1 aromatic heterocycles. The Morgan fingerprint density at radius 3 is 2.44 bits per heavy atom. The van der Waals surface area contributed by atoms with Gasteiger partial charge in [-0.05, 0) is 48.4 Å². The van der Waals surface area contributed by atoms with Crippen molar-refractivity contribution in [2.45, 2.75) is 18.4 Å². The minimum absolute atomic E-state index is 0.310. The molecule has 0 bridgehead atoms. The first-order valence-corrected chi connectivity index (χ1v) is 6.20. The van der Waals surface area contributed by atoms with Gasteiger partial charge in [0, 0.05) is 21.7 Å². The SMILES string of the molecule is N[C@H]1C[C@@H]1c1ccc(-c2ccc(O)cc2)s1. The topological polar surface area (TPSA) is 46.2 Å². The van der Waals surface area contributed by atoms with Gasteiger partial charge in [-0.1, -0.05) is 0 Å². The summed E-state index contributed by atoms with van der Waals surface area (Å²) in [7, 11) is 0. The van der Waals surface area contributed by atoms with Crippen LogP contribution in [0.4, 0.5) is 0 Å². The summed E-state index contributed by atoms with van der Waals surface area (Å²) in [6.07, 6.45) is 1.12. The van der Waals surface area contributed by atoms with Crippen LogP contribution in [0.5, 0.6) is 5.75 Å². The molecule has 0 saturated heterocycles. The highest BCUT2D eigenvalue weighted by Crippen LogP contribution is 2.44. The molecule has 3 N–H and O–H groups in total. The lowest BCUT2D eigenvalue weighted by Crippen LogP contribution is -1.99. The highest BCUT2D eigenvalue weighted by molar-refractivity contribution is 7.15. The van der Waals surface area contributed by atoms with E-state index in [0.717, 1.165) is 12.0 Å². The van der Waals surface area contributed by atoms with E-state index in [1.54, 1.807) is 23.5 Å². The van der Waals surface area contributed by atoms with Crippen LogP contribution in [0, 0.1) is 0 Å². The predicted molar refractivity (Wildman–Crippen MR) is 66.8 cm³/mol. The first kappa shape index (κ1) is 9.87. The standard InChI is InChI=1S/C13H13NOS/c14-11-7-10(11)13-6-5-12(16-13)8-1-3-9(15)4-2-8/h1-6,10-11,15H,7,14H2/t10-,11-/m0/s1. The first-order valence-electron chi connectivity index (χ1n) is 5.39. The van der Waals surface area contributed by atoms with Gasteiger partial charge in [0.25, 0.3) is 0 Å². The summed E-state index contributed by atoms with van der Waals surface area (Å²) < 4.78 is 0. The zero-order valence-corrected chi connectivity index (χ0v) is 9.58. The lowest BCUT2D eigenvalue weighted by atomic mass is 10.2. The number of thiophene rings is 1. The van der Waals surface area contributed by atoms with E-state index in [1.165, 1.54) is 9.75 Å². The van der Waals surface area contributed by atoms with Gasteiger partial charge in [-0.25, -0.2) is 0 Å². The largest absolute Gasteiger partial charge is 0.508 e. The molecule has 0 spiro atoms. The Labute approximate surface area is 98.4 Å². The average Bonchev–Trinajstić information content (AvgIpc) is 2.82. The minimum Gasteiger partial charge on any atom is -0.508 e. The van der Waals surface area contributed by atoms with E-state index in [9.17, 15) is 5.11 Å². The molecular formula is C13H13NOS. The van der Waals surface area contributed by atoms with Gasteiger partial charge in [0.1, 0.15) is 5.75 Å². The van der Waals surface area contributed by atoms with Gasteiger partial charge >= 0.3 is 0 Å². The van der Waals surface area contributed by atoms with E-state index in [2.05, 4.69) is 12.1 Å². The van der Waals surface area contributed by atoms with E-state index in [-0.39, 0.29) is 0 Å². The Kier molecular flexibility index (Phi) is 2.23. The Morgan fingerprint density at radius 1 is 1.12 bits per heavy atom. The normalized spacial score (nSPS) is 23.3. The highest BCUT2D eigenvalue weighted by Gasteiger charge is 2.35. The van der Waals surface area contributed by atoms with Crippen LogP contribution in [0.1, 0.15) is 17.2 Å². The molecule has 1 fully saturated rings. The summed E-state index contributed by atoms with van der Waals surface area (Å²) in [5.74, 6) is 0.889. The maximum absolute atomic E-state index is 9.23. The van der Waals surface area contributed by atoms with Crippen molar-refractivity contribution in [1.29, 1.82) is 0 Å². The van der Waals surface area contributed by atoms with E-state index in [4.69, 9.17) is 5.73 Å². The molecule has 2 atom stereocenters. The van der Waals surface area contributed by atoms with Crippen LogP contribution in [0.2, 0.25) is 0 Å². The molecule has 1 aliphatic rings. The number of phenols is 1. The second-order valence-electron chi connectivity index (χ2n) is 4.25. The summed E-state index contributed by atoms with van der Waals surface area (Å²) in [4.78, 5) is 2.63. The maximum atomic E-state index is 9.23. The van der Waals surface area contributed by atoms with Gasteiger partial charge < -0.3 is 10.8 Å². The van der Waals surface area contributed by atoms with Crippen LogP contribution in [0.25, 0.3) is 10.4 Å². The Morgan fingerprint density at radius 2 is 1.81 bits per heavy atom. The van der Waals surface area contributed by atoms with Crippen molar-refractivity contribution in [3.05, 3.63) is 41.3 Å². The van der Waals surface area contributed by atoms with Gasteiger partial charge in [0.05, 0.1) is 0 Å². The molecule has 16 heavy (non-hydrogen) atoms. The quantitative estimate of drug-likeness (QED) is 0.834. The Hall–Kier alpha value is -1.32. The van der Waals surface area contributed by atoms with Crippen LogP contribution < -0.4 is 5.73 Å². The lowest BCUT2D eigenvalue weighted by Gasteiger charge is -1.97. The van der Waals surface area contributed by atoms with Crippen molar-refractivity contribution in [2.24, 2.45) is 5.73 Å². The summed E-state index contributed by atoms with van der Waals surface area (Å²) in [6.45, 7) is 0. The fourth-order valence-corrected chi connectivity index (χ4v) is 3.08. The first-order chi connectivity index (χ1) is 7.74. The van der Waals surface area contributed by atoms with Crippen LogP contribution in [0.15, 0.2) is 36.4 Å². The van der Waals surface area contributed by atoms with E-state index in [1.807, 2.05) is 12.1 Å². The lowest BCUT2D eigenvalue weighted by molar-refractivity contribution is 0.475. The van der Waals surface area contributed by atoms with Gasteiger partial charge in [0.2, 0.25) is 0 Å². The van der Waals surface area contributed by atoms with Crippen molar-refractivity contribution in [1.82, 2.24) is 0 Å². The van der Waals surface area contributed by atoms with Crippen LogP contribution >= 0.6 is 11.3 Å². The van der Waals surface area contributed by atoms with Gasteiger partial charge in [-0.15, -0.1) is 11.3 Å². The molecule has 0 amide bonds. The molecule has 1 saturated carbocycles. The molecule has 0 radical (unpaired) electrons. The zero-order valence-electron chi connectivity index (χ0n) is 8.76. The zero-order chi connectivity index (χ0) is 11.1. The molecule has 2 nitrogen and oxygen atoms in total. The summed E-state index contributed by atoms with van der Waals surface area (Å²) in [5, 5.41) is 9.23. The van der Waals surface area contributed by atoms with Crippen molar-refractivity contribution >= 4 is 11.3 Å². The second kappa shape index (κ2) is 3.61. The molecule has 0 aliphatic heterocycles. The van der Waals surface area contributed by atoms with Gasteiger partial charge in [0.15, 0.2) is 0 Å². The third kappa shape index (κ3) is 1.72. The van der Waals surface area contributed by atoms with Crippen LogP contribution in [-0.2, 0) is 0 Å². The summed E-state index contributed by atoms with van der Waals surface area (Å²) >= 11 is 1.80. The van der Waals surface area contributed by atoms with Gasteiger partial charge in [-0.2, -0.15) is 0 Å². The van der Waals surface area contributed by atoms with Gasteiger partial charge in [-0.3, -0.25) is 0 Å². The Bertz CT molecular complexity index is 503. The molecule has 82 valence electrons. The molecule has 3 heteroatoms. The molecule has 0 unspecified atom stereocenters. The molecule has 1 heterocycles. The van der Waals surface area contributed by atoms with E-state index >= 15 is 0 Å². The van der Waals surface area contributed by atoms with E-state index < -0.39 is 0 Å². The van der Waals surface area contributed by atoms with Crippen LogP contribution in [0.3, 0.4) is 0 Å². The molecule has 1 aliphatic carbocycles. The fraction of sp³-hybridized carbons (Fsp3) is 0.231. The minimum atomic E-state index is 0.310. The van der Waals surface area contributed by atoms with Crippen LogP contribution in [-0.4, -0.2) is 11.1 Å². The number of hydrogen-bond donors (Lipinski definition) is 2. The smallest absolute Gasteiger partial charge is 0.115 e. The van der Waals surface area contributed by atoms with Crippen molar-refractivity contribution in [3.63, 3.8) is 0 Å². The molecule has 1 aromatic carbocycles. The number of nitrogens with two attached hydrogens (primary N) is 1. The monoisotopic (exact) mass is 231 g/mol. The maximum Gasteiger partial charge on any atom is 0.115 e. The molecule has 2 aromatic rings. The van der Waals surface area contributed by atoms with Crippen molar-refractivity contribution < 1.29 is 5.11 Å². The number of phenolic OH excluding ortho intramolecular Hbond substituents is 1. The number of rotatable bonds is 2. The average molecular weight is 231 g/mol. The van der Waals surface area contributed by atoms with E-state index in [0.29, 0.717) is 17.7 Å². The number of aromatic hydroxyl groups is 1. The second-order valence-corrected chi connectivity index (χ2v) is 5.37. The Balaban J connectivity index is 1.89. The number of benzene rings is 1. The third-order valence-electron chi connectivity index (χ3n) is 2.98. The molecule has 3 rings (SSSR count). The fourth-order valence-electron chi connectivity index (χ4n) is 1.87. The third-order valence-corrected chi connectivity index (χ3v) is 4.25. The van der Waals surface area contributed by atoms with Crippen molar-refractivity contribution in [3.8, 4) is 16.2 Å². The summed E-state index contributed by atoms with van der Waals surface area (Å²) in [6, 6.07) is 12.0. The van der Waals surface area contributed by atoms with Crippen molar-refractivity contribution in [2.75, 3.05) is 0 Å². The predicted octanol–water partition coefficient (Wildman–Crippen LogP) is 2.94. The highest BCUT2D eigenvalue weighted by atomic mass is 32.1. The summed E-state index contributed by atoms with van der Waals surface area (Å²) in [5.41, 5.74) is 7.00. The number of hydrogen-bond acceptors (Lipinski definition) is 3. The molecular weight excluding hydrogens is 218 g/mol.